The van der Waals surface area contributed by atoms with Crippen LogP contribution in [0.3, 0.4) is 0 Å². The molecule has 0 bridgehead atoms. The molecule has 1 aromatic heterocycles. The summed E-state index contributed by atoms with van der Waals surface area (Å²) in [7, 11) is 0. The monoisotopic (exact) mass is 550 g/mol. The number of carbonyl (C=O) groups is 1. The third kappa shape index (κ3) is 5.48. The zero-order chi connectivity index (χ0) is 27.1. The lowest BCUT2D eigenvalue weighted by molar-refractivity contribution is 0.0742. The van der Waals surface area contributed by atoms with Gasteiger partial charge in [0.15, 0.2) is 23.3 Å². The molecule has 4 aromatic rings. The number of nitrogens with one attached hydrogen (secondary N) is 1. The maximum atomic E-state index is 15.2. The van der Waals surface area contributed by atoms with Crippen LogP contribution < -0.4 is 0 Å². The fourth-order valence-corrected chi connectivity index (χ4v) is 4.57. The Bertz CT molecular complexity index is 1490. The zero-order valence-electron chi connectivity index (χ0n) is 20.4. The Labute approximate surface area is 222 Å². The molecule has 0 spiro atoms. The predicted molar refractivity (Wildman–Crippen MR) is 138 cm³/mol. The molecule has 0 atom stereocenters. The lowest BCUT2D eigenvalue weighted by Crippen LogP contribution is -2.33. The van der Waals surface area contributed by atoms with Gasteiger partial charge in [0.2, 0.25) is 0 Å². The maximum absolute atomic E-state index is 15.2. The highest BCUT2D eigenvalue weighted by atomic mass is 35.5. The minimum absolute atomic E-state index is 0.0401. The molecule has 0 unspecified atom stereocenters. The molecule has 0 radical (unpaired) electrons. The average molecular weight is 551 g/mol. The molecule has 1 amide bonds. The molecular formula is C28H24Cl2F4N2O. The van der Waals surface area contributed by atoms with Gasteiger partial charge in [-0.25, -0.2) is 17.6 Å². The van der Waals surface area contributed by atoms with Gasteiger partial charge in [0, 0.05) is 29.7 Å². The summed E-state index contributed by atoms with van der Waals surface area (Å²) in [5.74, 6) is -5.85. The number of fused-ring (bicyclic) bond motifs is 1. The van der Waals surface area contributed by atoms with Crippen LogP contribution in [0, 0.1) is 23.3 Å². The van der Waals surface area contributed by atoms with Gasteiger partial charge in [-0.15, -0.1) is 0 Å². The van der Waals surface area contributed by atoms with Gasteiger partial charge in [-0.2, -0.15) is 0 Å². The van der Waals surface area contributed by atoms with E-state index in [0.717, 1.165) is 17.7 Å². The van der Waals surface area contributed by atoms with E-state index in [-0.39, 0.29) is 46.6 Å². The highest BCUT2D eigenvalue weighted by Crippen LogP contribution is 2.31. The Morgan fingerprint density at radius 3 is 2.27 bits per heavy atom. The van der Waals surface area contributed by atoms with E-state index in [0.29, 0.717) is 16.0 Å². The van der Waals surface area contributed by atoms with Gasteiger partial charge in [-0.05, 0) is 52.8 Å². The van der Waals surface area contributed by atoms with Crippen LogP contribution in [-0.2, 0) is 18.4 Å². The lowest BCUT2D eigenvalue weighted by atomic mass is 9.86. The smallest absolute Gasteiger partial charge is 0.259 e. The van der Waals surface area contributed by atoms with Crippen molar-refractivity contribution in [3.63, 3.8) is 0 Å². The Morgan fingerprint density at radius 1 is 0.892 bits per heavy atom. The molecule has 3 aromatic carbocycles. The molecule has 0 aliphatic heterocycles. The third-order valence-corrected chi connectivity index (χ3v) is 6.92. The first kappa shape index (κ1) is 27.0. The highest BCUT2D eigenvalue weighted by molar-refractivity contribution is 6.32. The SMILES string of the molecule is CC(C)(C)c1ccc(CN(CCc2ccc(F)c(F)c2F)C(=O)c2c(F)c(Cl)cc3cc[nH]c23)c(Cl)c1. The van der Waals surface area contributed by atoms with Gasteiger partial charge in [0.05, 0.1) is 10.5 Å². The largest absolute Gasteiger partial charge is 0.360 e. The summed E-state index contributed by atoms with van der Waals surface area (Å²) in [6.07, 6.45) is 1.41. The molecular weight excluding hydrogens is 527 g/mol. The van der Waals surface area contributed by atoms with Crippen molar-refractivity contribution in [1.29, 1.82) is 0 Å². The minimum Gasteiger partial charge on any atom is -0.360 e. The minimum atomic E-state index is -1.59. The normalized spacial score (nSPS) is 11.8. The van der Waals surface area contributed by atoms with Crippen molar-refractivity contribution >= 4 is 40.0 Å². The number of halogens is 6. The van der Waals surface area contributed by atoms with E-state index in [4.69, 9.17) is 23.2 Å². The van der Waals surface area contributed by atoms with Gasteiger partial charge in [0.1, 0.15) is 5.56 Å². The van der Waals surface area contributed by atoms with E-state index in [2.05, 4.69) is 4.98 Å². The molecule has 0 aliphatic rings. The molecule has 3 nitrogen and oxygen atoms in total. The Kier molecular flexibility index (Phi) is 7.58. The molecule has 0 saturated carbocycles. The molecule has 4 rings (SSSR count). The van der Waals surface area contributed by atoms with Gasteiger partial charge < -0.3 is 9.88 Å². The average Bonchev–Trinajstić information content (AvgIpc) is 3.29. The van der Waals surface area contributed by atoms with Crippen LogP contribution in [0.4, 0.5) is 17.6 Å². The van der Waals surface area contributed by atoms with Crippen LogP contribution in [0.1, 0.15) is 47.8 Å². The predicted octanol–water partition coefficient (Wildman–Crippen LogP) is 8.21. The number of carbonyl (C=O) groups excluding carboxylic acids is 1. The second kappa shape index (κ2) is 10.4. The van der Waals surface area contributed by atoms with Crippen molar-refractivity contribution in [3.05, 3.63) is 104 Å². The van der Waals surface area contributed by atoms with Crippen molar-refractivity contribution < 1.29 is 22.4 Å². The van der Waals surface area contributed by atoms with Gasteiger partial charge in [-0.1, -0.05) is 62.2 Å². The molecule has 194 valence electrons. The number of benzene rings is 3. The molecule has 37 heavy (non-hydrogen) atoms. The summed E-state index contributed by atoms with van der Waals surface area (Å²) in [4.78, 5) is 17.9. The third-order valence-electron chi connectivity index (χ3n) is 6.29. The first-order valence-corrected chi connectivity index (χ1v) is 12.3. The molecule has 1 N–H and O–H groups in total. The van der Waals surface area contributed by atoms with E-state index in [1.165, 1.54) is 11.0 Å². The fraction of sp³-hybridized carbons (Fsp3) is 0.250. The summed E-state index contributed by atoms with van der Waals surface area (Å²) < 4.78 is 56.7. The lowest BCUT2D eigenvalue weighted by Gasteiger charge is -2.26. The first-order valence-electron chi connectivity index (χ1n) is 11.5. The standard InChI is InChI=1S/C28H24Cl2F4N2O/c1-28(2,3)18-6-4-17(19(29)13-18)14-36(11-9-15-5-7-21(31)25(34)23(15)32)27(37)22-24(33)20(30)12-16-8-10-35-26(16)22/h4-8,10,12-13,35H,9,11,14H2,1-3H3. The fourth-order valence-electron chi connectivity index (χ4n) is 4.12. The Balaban J connectivity index is 1.74. The van der Waals surface area contributed by atoms with Crippen molar-refractivity contribution in [1.82, 2.24) is 9.88 Å². The van der Waals surface area contributed by atoms with Gasteiger partial charge in [0.25, 0.3) is 5.91 Å². The second-order valence-corrected chi connectivity index (χ2v) is 10.7. The van der Waals surface area contributed by atoms with Crippen LogP contribution in [0.15, 0.2) is 48.7 Å². The molecule has 9 heteroatoms. The topological polar surface area (TPSA) is 36.1 Å². The van der Waals surface area contributed by atoms with E-state index in [1.54, 1.807) is 24.4 Å². The summed E-state index contributed by atoms with van der Waals surface area (Å²) in [6.45, 7) is 5.93. The molecule has 1 heterocycles. The second-order valence-electron chi connectivity index (χ2n) is 9.86. The molecule has 0 fully saturated rings. The van der Waals surface area contributed by atoms with Crippen molar-refractivity contribution in [2.45, 2.75) is 39.2 Å². The first-order chi connectivity index (χ1) is 17.4. The van der Waals surface area contributed by atoms with Crippen molar-refractivity contribution in [2.24, 2.45) is 0 Å². The van der Waals surface area contributed by atoms with E-state index in [1.807, 2.05) is 26.8 Å². The highest BCUT2D eigenvalue weighted by Gasteiger charge is 2.26. The van der Waals surface area contributed by atoms with E-state index in [9.17, 15) is 18.0 Å². The number of rotatable bonds is 6. The maximum Gasteiger partial charge on any atom is 0.259 e. The van der Waals surface area contributed by atoms with Crippen LogP contribution in [0.2, 0.25) is 10.0 Å². The quantitative estimate of drug-likeness (QED) is 0.190. The van der Waals surface area contributed by atoms with Gasteiger partial charge in [-0.3, -0.25) is 4.79 Å². The number of aromatic nitrogens is 1. The number of aromatic amines is 1. The van der Waals surface area contributed by atoms with Crippen LogP contribution in [0.25, 0.3) is 10.9 Å². The Morgan fingerprint density at radius 2 is 1.59 bits per heavy atom. The van der Waals surface area contributed by atoms with Crippen LogP contribution >= 0.6 is 23.2 Å². The Hall–Kier alpha value is -3.03. The van der Waals surface area contributed by atoms with Crippen LogP contribution in [-0.4, -0.2) is 22.3 Å². The summed E-state index contributed by atoms with van der Waals surface area (Å²) in [5, 5.41) is 0.712. The molecule has 0 saturated heterocycles. The van der Waals surface area contributed by atoms with Gasteiger partial charge >= 0.3 is 0 Å². The number of hydrogen-bond acceptors (Lipinski definition) is 1. The van der Waals surface area contributed by atoms with E-state index >= 15 is 4.39 Å². The summed E-state index contributed by atoms with van der Waals surface area (Å²) >= 11 is 12.6. The number of H-pyrrole nitrogens is 1. The number of hydrogen-bond donors (Lipinski definition) is 1. The van der Waals surface area contributed by atoms with E-state index < -0.39 is 29.2 Å². The number of amides is 1. The van der Waals surface area contributed by atoms with Crippen LogP contribution in [0.5, 0.6) is 0 Å². The summed E-state index contributed by atoms with van der Waals surface area (Å²) in [5.41, 5.74) is 1.26. The number of nitrogens with zero attached hydrogens (tertiary/aromatic N) is 1. The zero-order valence-corrected chi connectivity index (χ0v) is 21.9. The van der Waals surface area contributed by atoms with Crippen molar-refractivity contribution in [3.8, 4) is 0 Å². The summed E-state index contributed by atoms with van der Waals surface area (Å²) in [6, 6.07) is 10.5. The molecule has 0 aliphatic carbocycles. The van der Waals surface area contributed by atoms with Crippen molar-refractivity contribution in [2.75, 3.05) is 6.54 Å².